The van der Waals surface area contributed by atoms with Gasteiger partial charge in [-0.25, -0.2) is 0 Å². The number of rotatable bonds is 2. The van der Waals surface area contributed by atoms with E-state index in [1.54, 1.807) is 4.90 Å². The molecule has 78 valence electrons. The Hall–Kier alpha value is -1.32. The molecule has 0 unspecified atom stereocenters. The molecule has 1 fully saturated rings. The number of piperidine rings is 1. The zero-order valence-electron chi connectivity index (χ0n) is 8.45. The van der Waals surface area contributed by atoms with Crippen LogP contribution in [0.2, 0.25) is 0 Å². The summed E-state index contributed by atoms with van der Waals surface area (Å²) in [5.74, 6) is -0.0234. The molecule has 0 aromatic carbocycles. The van der Waals surface area contributed by atoms with Crippen LogP contribution >= 0.6 is 0 Å². The molecule has 0 aromatic heterocycles. The van der Waals surface area contributed by atoms with Crippen LogP contribution in [0.4, 0.5) is 0 Å². The van der Waals surface area contributed by atoms with Crippen LogP contribution in [-0.4, -0.2) is 35.8 Å². The first-order valence-electron chi connectivity index (χ1n) is 4.82. The van der Waals surface area contributed by atoms with Crippen molar-refractivity contribution in [3.05, 3.63) is 12.7 Å². The second kappa shape index (κ2) is 4.79. The van der Waals surface area contributed by atoms with E-state index < -0.39 is 0 Å². The van der Waals surface area contributed by atoms with Crippen LogP contribution < -0.4 is 5.32 Å². The first-order valence-corrected chi connectivity index (χ1v) is 4.82. The third-order valence-corrected chi connectivity index (χ3v) is 2.39. The van der Waals surface area contributed by atoms with Crippen LogP contribution in [0.5, 0.6) is 0 Å². The van der Waals surface area contributed by atoms with Gasteiger partial charge in [0.15, 0.2) is 0 Å². The third kappa shape index (κ3) is 2.87. The number of amides is 2. The summed E-state index contributed by atoms with van der Waals surface area (Å²) < 4.78 is 0. The maximum Gasteiger partial charge on any atom is 0.245 e. The van der Waals surface area contributed by atoms with E-state index in [1.807, 2.05) is 0 Å². The van der Waals surface area contributed by atoms with E-state index in [-0.39, 0.29) is 17.9 Å². The molecule has 1 aliphatic rings. The molecular weight excluding hydrogens is 180 g/mol. The summed E-state index contributed by atoms with van der Waals surface area (Å²) >= 11 is 0. The minimum absolute atomic E-state index is 0.00139. The highest BCUT2D eigenvalue weighted by Gasteiger charge is 2.21. The predicted molar refractivity (Wildman–Crippen MR) is 53.6 cm³/mol. The summed E-state index contributed by atoms with van der Waals surface area (Å²) in [5, 5.41) is 2.86. The van der Waals surface area contributed by atoms with Crippen LogP contribution in [0.1, 0.15) is 19.8 Å². The molecule has 1 N–H and O–H groups in total. The van der Waals surface area contributed by atoms with Crippen molar-refractivity contribution in [2.75, 3.05) is 13.1 Å². The topological polar surface area (TPSA) is 49.4 Å². The van der Waals surface area contributed by atoms with E-state index in [0.717, 1.165) is 12.8 Å². The number of hydrogen-bond acceptors (Lipinski definition) is 2. The summed E-state index contributed by atoms with van der Waals surface area (Å²) in [7, 11) is 0. The van der Waals surface area contributed by atoms with E-state index >= 15 is 0 Å². The van der Waals surface area contributed by atoms with Gasteiger partial charge in [-0.15, -0.1) is 0 Å². The molecule has 14 heavy (non-hydrogen) atoms. The quantitative estimate of drug-likeness (QED) is 0.646. The van der Waals surface area contributed by atoms with E-state index in [4.69, 9.17) is 0 Å². The van der Waals surface area contributed by atoms with E-state index in [1.165, 1.54) is 13.0 Å². The summed E-state index contributed by atoms with van der Waals surface area (Å²) in [4.78, 5) is 23.7. The van der Waals surface area contributed by atoms with Crippen molar-refractivity contribution in [2.24, 2.45) is 0 Å². The van der Waals surface area contributed by atoms with Crippen molar-refractivity contribution < 1.29 is 9.59 Å². The standard InChI is InChI=1S/C10H16N2O2/c1-3-10(14)12-6-4-9(5-7-12)11-8(2)13/h3,9H,1,4-7H2,2H3,(H,11,13). The number of likely N-dealkylation sites (tertiary alicyclic amines) is 1. The van der Waals surface area contributed by atoms with Gasteiger partial charge in [0, 0.05) is 26.1 Å². The molecule has 2 amide bonds. The van der Waals surface area contributed by atoms with Crippen molar-refractivity contribution in [3.8, 4) is 0 Å². The molecule has 4 heteroatoms. The molecule has 0 saturated carbocycles. The number of nitrogens with one attached hydrogen (secondary N) is 1. The molecule has 1 rings (SSSR count). The Kier molecular flexibility index (Phi) is 3.68. The second-order valence-electron chi connectivity index (χ2n) is 3.50. The van der Waals surface area contributed by atoms with Crippen LogP contribution in [0, 0.1) is 0 Å². The van der Waals surface area contributed by atoms with Gasteiger partial charge in [0.1, 0.15) is 0 Å². The molecule has 0 radical (unpaired) electrons. The first kappa shape index (κ1) is 10.8. The summed E-state index contributed by atoms with van der Waals surface area (Å²) in [6, 6.07) is 0.223. The fraction of sp³-hybridized carbons (Fsp3) is 0.600. The van der Waals surface area contributed by atoms with Gasteiger partial charge < -0.3 is 10.2 Å². The third-order valence-electron chi connectivity index (χ3n) is 2.39. The summed E-state index contributed by atoms with van der Waals surface area (Å²) in [6.07, 6.45) is 3.00. The Bertz CT molecular complexity index is 243. The first-order chi connectivity index (χ1) is 6.63. The Labute approximate surface area is 84.0 Å². The van der Waals surface area contributed by atoms with E-state index in [9.17, 15) is 9.59 Å². The van der Waals surface area contributed by atoms with Crippen LogP contribution in [0.25, 0.3) is 0 Å². The maximum atomic E-state index is 11.2. The minimum atomic E-state index is -0.0220. The smallest absolute Gasteiger partial charge is 0.245 e. The number of nitrogens with zero attached hydrogens (tertiary/aromatic N) is 1. The lowest BCUT2D eigenvalue weighted by Crippen LogP contribution is -2.45. The molecule has 0 spiro atoms. The van der Waals surface area contributed by atoms with Crippen molar-refractivity contribution >= 4 is 11.8 Å². The van der Waals surface area contributed by atoms with Crippen LogP contribution in [-0.2, 0) is 9.59 Å². The molecule has 0 atom stereocenters. The predicted octanol–water partition coefficient (Wildman–Crippen LogP) is 0.299. The molecule has 1 saturated heterocycles. The Morgan fingerprint density at radius 3 is 2.43 bits per heavy atom. The fourth-order valence-electron chi connectivity index (χ4n) is 1.66. The highest BCUT2D eigenvalue weighted by atomic mass is 16.2. The van der Waals surface area contributed by atoms with Crippen molar-refractivity contribution in [2.45, 2.75) is 25.8 Å². The lowest BCUT2D eigenvalue weighted by molar-refractivity contribution is -0.127. The molecule has 0 bridgehead atoms. The average Bonchev–Trinajstić information content (AvgIpc) is 2.17. The average molecular weight is 196 g/mol. The molecule has 1 heterocycles. The molecular formula is C10H16N2O2. The number of hydrogen-bond donors (Lipinski definition) is 1. The van der Waals surface area contributed by atoms with Crippen LogP contribution in [0.15, 0.2) is 12.7 Å². The normalized spacial score (nSPS) is 17.6. The van der Waals surface area contributed by atoms with Gasteiger partial charge in [0.05, 0.1) is 0 Å². The van der Waals surface area contributed by atoms with Crippen molar-refractivity contribution in [1.82, 2.24) is 10.2 Å². The monoisotopic (exact) mass is 196 g/mol. The highest BCUT2D eigenvalue weighted by molar-refractivity contribution is 5.87. The van der Waals surface area contributed by atoms with Gasteiger partial charge in [0.25, 0.3) is 0 Å². The van der Waals surface area contributed by atoms with Gasteiger partial charge in [-0.1, -0.05) is 6.58 Å². The largest absolute Gasteiger partial charge is 0.353 e. The van der Waals surface area contributed by atoms with Gasteiger partial charge in [0.2, 0.25) is 11.8 Å². The Morgan fingerprint density at radius 2 is 2.00 bits per heavy atom. The van der Waals surface area contributed by atoms with Gasteiger partial charge >= 0.3 is 0 Å². The van der Waals surface area contributed by atoms with Gasteiger partial charge in [-0.3, -0.25) is 9.59 Å². The molecule has 0 aromatic rings. The van der Waals surface area contributed by atoms with Gasteiger partial charge in [-0.05, 0) is 18.9 Å². The molecule has 4 nitrogen and oxygen atoms in total. The molecule has 0 aliphatic carbocycles. The minimum Gasteiger partial charge on any atom is -0.353 e. The summed E-state index contributed by atoms with van der Waals surface area (Å²) in [5.41, 5.74) is 0. The fourth-order valence-corrected chi connectivity index (χ4v) is 1.66. The SMILES string of the molecule is C=CC(=O)N1CCC(NC(C)=O)CC1. The summed E-state index contributed by atoms with van der Waals surface area (Å²) in [6.45, 7) is 6.37. The van der Waals surface area contributed by atoms with E-state index in [0.29, 0.717) is 13.1 Å². The van der Waals surface area contributed by atoms with Crippen molar-refractivity contribution in [1.29, 1.82) is 0 Å². The lowest BCUT2D eigenvalue weighted by Gasteiger charge is -2.31. The lowest BCUT2D eigenvalue weighted by atomic mass is 10.1. The Morgan fingerprint density at radius 1 is 1.43 bits per heavy atom. The Balaban J connectivity index is 2.34. The van der Waals surface area contributed by atoms with Crippen LogP contribution in [0.3, 0.4) is 0 Å². The zero-order chi connectivity index (χ0) is 10.6. The maximum absolute atomic E-state index is 11.2. The van der Waals surface area contributed by atoms with Gasteiger partial charge in [-0.2, -0.15) is 0 Å². The second-order valence-corrected chi connectivity index (χ2v) is 3.50. The number of carbonyl (C=O) groups excluding carboxylic acids is 2. The molecule has 1 aliphatic heterocycles. The zero-order valence-corrected chi connectivity index (χ0v) is 8.45. The van der Waals surface area contributed by atoms with Crippen molar-refractivity contribution in [3.63, 3.8) is 0 Å². The highest BCUT2D eigenvalue weighted by Crippen LogP contribution is 2.10. The number of carbonyl (C=O) groups is 2. The van der Waals surface area contributed by atoms with E-state index in [2.05, 4.69) is 11.9 Å².